The van der Waals surface area contributed by atoms with Crippen molar-refractivity contribution < 1.29 is 18.3 Å². The Morgan fingerprint density at radius 3 is 2.54 bits per heavy atom. The van der Waals surface area contributed by atoms with Gasteiger partial charge in [-0.05, 0) is 17.7 Å². The zero-order chi connectivity index (χ0) is 17.3. The molecule has 3 rings (SSSR count). The average Bonchev–Trinajstić information content (AvgIpc) is 2.98. The average molecular weight is 337 g/mol. The second-order valence-electron chi connectivity index (χ2n) is 5.57. The van der Waals surface area contributed by atoms with Gasteiger partial charge >= 0.3 is 6.18 Å². The smallest absolute Gasteiger partial charge is 0.387 e. The predicted octanol–water partition coefficient (Wildman–Crippen LogP) is 1.72. The van der Waals surface area contributed by atoms with Crippen molar-refractivity contribution in [2.75, 3.05) is 13.1 Å². The molecule has 0 fully saturated rings. The summed E-state index contributed by atoms with van der Waals surface area (Å²) in [6, 6.07) is 8.55. The number of halogens is 3. The van der Waals surface area contributed by atoms with Gasteiger partial charge in [0.25, 0.3) is 0 Å². The molecule has 0 radical (unpaired) electrons. The first-order chi connectivity index (χ1) is 11.4. The number of nitriles is 1. The molecule has 0 saturated carbocycles. The molecule has 0 bridgehead atoms. The third-order valence-electron chi connectivity index (χ3n) is 3.94. The summed E-state index contributed by atoms with van der Waals surface area (Å²) in [5.74, 6) is -0.745. The quantitative estimate of drug-likeness (QED) is 0.923. The first-order valence-electron chi connectivity index (χ1n) is 7.28. The topological polar surface area (TPSA) is 78.0 Å². The molecule has 24 heavy (non-hydrogen) atoms. The number of rotatable bonds is 3. The Balaban J connectivity index is 1.67. The Hall–Kier alpha value is -2.44. The zero-order valence-electron chi connectivity index (χ0n) is 12.5. The first-order valence-corrected chi connectivity index (χ1v) is 7.28. The second-order valence-corrected chi connectivity index (χ2v) is 5.57. The molecule has 1 atom stereocenters. The number of alkyl halides is 3. The van der Waals surface area contributed by atoms with Gasteiger partial charge in [-0.15, -0.1) is 10.2 Å². The largest absolute Gasteiger partial charge is 0.451 e. The fraction of sp³-hybridized carbons (Fsp3) is 0.400. The maximum Gasteiger partial charge on any atom is 0.451 e. The molecule has 1 aromatic heterocycles. The fourth-order valence-electron chi connectivity index (χ4n) is 2.70. The molecule has 0 saturated heterocycles. The van der Waals surface area contributed by atoms with Crippen molar-refractivity contribution in [1.82, 2.24) is 19.7 Å². The van der Waals surface area contributed by atoms with Crippen molar-refractivity contribution in [3.63, 3.8) is 0 Å². The van der Waals surface area contributed by atoms with Crippen molar-refractivity contribution in [1.29, 1.82) is 5.26 Å². The highest BCUT2D eigenvalue weighted by atomic mass is 19.4. The van der Waals surface area contributed by atoms with E-state index in [1.54, 1.807) is 24.3 Å². The van der Waals surface area contributed by atoms with E-state index in [9.17, 15) is 18.3 Å². The lowest BCUT2D eigenvalue weighted by Gasteiger charge is -2.29. The summed E-state index contributed by atoms with van der Waals surface area (Å²) < 4.78 is 39.5. The van der Waals surface area contributed by atoms with Gasteiger partial charge in [-0.2, -0.15) is 18.4 Å². The zero-order valence-corrected chi connectivity index (χ0v) is 12.5. The van der Waals surface area contributed by atoms with Gasteiger partial charge in [-0.3, -0.25) is 4.90 Å². The molecule has 2 aromatic rings. The number of aliphatic hydroxyl groups is 1. The first kappa shape index (κ1) is 16.4. The molecule has 1 aliphatic rings. The summed E-state index contributed by atoms with van der Waals surface area (Å²) in [5.41, 5.74) is 1.15. The minimum atomic E-state index is -4.52. The molecule has 1 unspecified atom stereocenters. The summed E-state index contributed by atoms with van der Waals surface area (Å²) in [4.78, 5) is 1.83. The molecule has 1 aromatic carbocycles. The van der Waals surface area contributed by atoms with Crippen LogP contribution in [0.15, 0.2) is 24.3 Å². The standard InChI is InChI=1S/C15H14F3N5O/c16-15(17,18)14-21-20-13-9-22(5-6-23(13)14)8-12(24)11-3-1-10(7-19)2-4-11/h1-4,12,24H,5-6,8-9H2. The van der Waals surface area contributed by atoms with Crippen molar-refractivity contribution in [3.8, 4) is 6.07 Å². The number of benzene rings is 1. The molecule has 2 heterocycles. The van der Waals surface area contributed by atoms with Gasteiger partial charge in [0.2, 0.25) is 5.82 Å². The van der Waals surface area contributed by atoms with E-state index in [1.807, 2.05) is 11.0 Å². The van der Waals surface area contributed by atoms with Gasteiger partial charge in [-0.25, -0.2) is 0 Å². The summed E-state index contributed by atoms with van der Waals surface area (Å²) in [7, 11) is 0. The van der Waals surface area contributed by atoms with Crippen molar-refractivity contribution in [3.05, 3.63) is 47.0 Å². The van der Waals surface area contributed by atoms with Gasteiger partial charge in [-0.1, -0.05) is 12.1 Å². The molecule has 1 N–H and O–H groups in total. The van der Waals surface area contributed by atoms with E-state index in [4.69, 9.17) is 5.26 Å². The summed E-state index contributed by atoms with van der Waals surface area (Å²) in [6.07, 6.45) is -5.32. The highest BCUT2D eigenvalue weighted by molar-refractivity contribution is 5.32. The van der Waals surface area contributed by atoms with Crippen LogP contribution in [-0.4, -0.2) is 37.9 Å². The number of aromatic nitrogens is 3. The fourth-order valence-corrected chi connectivity index (χ4v) is 2.70. The lowest BCUT2D eigenvalue weighted by Crippen LogP contribution is -2.37. The van der Waals surface area contributed by atoms with Crippen LogP contribution in [-0.2, 0) is 19.3 Å². The Morgan fingerprint density at radius 1 is 1.21 bits per heavy atom. The monoisotopic (exact) mass is 337 g/mol. The molecule has 0 amide bonds. The Kier molecular flexibility index (Phi) is 4.26. The van der Waals surface area contributed by atoms with Crippen LogP contribution >= 0.6 is 0 Å². The van der Waals surface area contributed by atoms with E-state index >= 15 is 0 Å². The maximum absolute atomic E-state index is 12.8. The maximum atomic E-state index is 12.8. The molecular weight excluding hydrogens is 323 g/mol. The predicted molar refractivity (Wildman–Crippen MR) is 76.4 cm³/mol. The Morgan fingerprint density at radius 2 is 1.92 bits per heavy atom. The number of hydrogen-bond donors (Lipinski definition) is 1. The van der Waals surface area contributed by atoms with E-state index in [0.29, 0.717) is 17.7 Å². The van der Waals surface area contributed by atoms with Crippen LogP contribution in [0.4, 0.5) is 13.2 Å². The molecule has 6 nitrogen and oxygen atoms in total. The molecule has 9 heteroatoms. The van der Waals surface area contributed by atoms with E-state index in [2.05, 4.69) is 10.2 Å². The van der Waals surface area contributed by atoms with Crippen molar-refractivity contribution in [2.45, 2.75) is 25.4 Å². The normalized spacial score (nSPS) is 16.5. The number of β-amino-alcohol motifs (C(OH)–C–C–N with tert-alkyl or cyclic N) is 1. The number of aliphatic hydroxyl groups excluding tert-OH is 1. The third-order valence-corrected chi connectivity index (χ3v) is 3.94. The van der Waals surface area contributed by atoms with Gasteiger partial charge in [0.05, 0.1) is 24.3 Å². The lowest BCUT2D eigenvalue weighted by molar-refractivity contribution is -0.148. The van der Waals surface area contributed by atoms with Crippen LogP contribution < -0.4 is 0 Å². The highest BCUT2D eigenvalue weighted by Crippen LogP contribution is 2.29. The SMILES string of the molecule is N#Cc1ccc(C(O)CN2CCn3c(nnc3C(F)(F)F)C2)cc1. The van der Waals surface area contributed by atoms with Gasteiger partial charge in [0.15, 0.2) is 0 Å². The Bertz CT molecular complexity index is 763. The van der Waals surface area contributed by atoms with Crippen molar-refractivity contribution in [2.24, 2.45) is 0 Å². The van der Waals surface area contributed by atoms with Crippen LogP contribution in [0.5, 0.6) is 0 Å². The highest BCUT2D eigenvalue weighted by Gasteiger charge is 2.39. The molecule has 0 spiro atoms. The van der Waals surface area contributed by atoms with Gasteiger partial charge in [0.1, 0.15) is 5.82 Å². The summed E-state index contributed by atoms with van der Waals surface area (Å²) in [6.45, 7) is 0.940. The second kappa shape index (κ2) is 6.22. The van der Waals surface area contributed by atoms with Crippen LogP contribution in [0.1, 0.15) is 28.9 Å². The minimum absolute atomic E-state index is 0.122. The number of fused-ring (bicyclic) bond motifs is 1. The van der Waals surface area contributed by atoms with E-state index in [1.165, 1.54) is 0 Å². The van der Waals surface area contributed by atoms with Gasteiger partial charge < -0.3 is 9.67 Å². The molecule has 126 valence electrons. The molecular formula is C15H14F3N5O. The Labute approximate surface area is 135 Å². The number of nitrogens with zero attached hydrogens (tertiary/aromatic N) is 5. The number of hydrogen-bond acceptors (Lipinski definition) is 5. The van der Waals surface area contributed by atoms with E-state index in [0.717, 1.165) is 4.57 Å². The lowest BCUT2D eigenvalue weighted by atomic mass is 10.1. The van der Waals surface area contributed by atoms with Gasteiger partial charge in [0, 0.05) is 19.6 Å². The summed E-state index contributed by atoms with van der Waals surface area (Å²) >= 11 is 0. The summed E-state index contributed by atoms with van der Waals surface area (Å²) in [5, 5.41) is 25.9. The minimum Gasteiger partial charge on any atom is -0.387 e. The molecule has 1 aliphatic heterocycles. The van der Waals surface area contributed by atoms with Crippen LogP contribution in [0, 0.1) is 11.3 Å². The third kappa shape index (κ3) is 3.25. The van der Waals surface area contributed by atoms with Crippen LogP contribution in [0.25, 0.3) is 0 Å². The van der Waals surface area contributed by atoms with E-state index in [-0.39, 0.29) is 25.5 Å². The van der Waals surface area contributed by atoms with E-state index < -0.39 is 18.1 Å². The van der Waals surface area contributed by atoms with Crippen molar-refractivity contribution >= 4 is 0 Å². The van der Waals surface area contributed by atoms with Crippen LogP contribution in [0.3, 0.4) is 0 Å². The van der Waals surface area contributed by atoms with Crippen LogP contribution in [0.2, 0.25) is 0 Å². The molecule has 0 aliphatic carbocycles.